The lowest BCUT2D eigenvalue weighted by Gasteiger charge is -2.34. The molecule has 0 bridgehead atoms. The van der Waals surface area contributed by atoms with E-state index in [1.165, 1.54) is 23.5 Å². The number of ether oxygens (including phenoxy) is 1. The van der Waals surface area contributed by atoms with Gasteiger partial charge in [-0.1, -0.05) is 11.3 Å². The molecule has 2 aromatic carbocycles. The van der Waals surface area contributed by atoms with Crippen LogP contribution in [0.1, 0.15) is 6.42 Å². The predicted molar refractivity (Wildman–Crippen MR) is 117 cm³/mol. The second-order valence-corrected chi connectivity index (χ2v) is 8.93. The normalized spacial score (nSPS) is 14.4. The predicted octanol–water partition coefficient (Wildman–Crippen LogP) is 4.28. The minimum atomic E-state index is -0.240. The Balaban J connectivity index is 1.25. The molecule has 0 spiro atoms. The number of thiazole rings is 1. The Morgan fingerprint density at radius 1 is 1.17 bits per heavy atom. The number of thioether (sulfide) groups is 1. The van der Waals surface area contributed by atoms with E-state index in [-0.39, 0.29) is 11.7 Å². The van der Waals surface area contributed by atoms with Crippen LogP contribution in [0.25, 0.3) is 10.2 Å². The average Bonchev–Trinajstić information content (AvgIpc) is 3.17. The van der Waals surface area contributed by atoms with Crippen molar-refractivity contribution in [3.05, 3.63) is 48.3 Å². The standard InChI is InChI=1S/C21H22FN3O2S2/c1-27-16-3-5-17(6-4-16)28-13-8-20(26)24-9-11-25(12-10-24)21-23-18-7-2-15(22)14-19(18)29-21/h2-7,14H,8-13H2,1H3. The Labute approximate surface area is 177 Å². The zero-order valence-corrected chi connectivity index (χ0v) is 17.8. The molecule has 4 rings (SSSR count). The Hall–Kier alpha value is -2.32. The zero-order valence-electron chi connectivity index (χ0n) is 16.1. The van der Waals surface area contributed by atoms with Crippen molar-refractivity contribution in [1.82, 2.24) is 9.88 Å². The highest BCUT2D eigenvalue weighted by Gasteiger charge is 2.23. The molecule has 1 aliphatic rings. The first-order valence-electron chi connectivity index (χ1n) is 9.48. The highest BCUT2D eigenvalue weighted by Crippen LogP contribution is 2.30. The summed E-state index contributed by atoms with van der Waals surface area (Å²) in [5.41, 5.74) is 0.820. The van der Waals surface area contributed by atoms with Crippen LogP contribution in [-0.2, 0) is 4.79 Å². The molecule has 29 heavy (non-hydrogen) atoms. The summed E-state index contributed by atoms with van der Waals surface area (Å²) in [5.74, 6) is 1.55. The number of benzene rings is 2. The van der Waals surface area contributed by atoms with Gasteiger partial charge in [-0.3, -0.25) is 4.79 Å². The van der Waals surface area contributed by atoms with E-state index in [4.69, 9.17) is 4.74 Å². The van der Waals surface area contributed by atoms with Crippen LogP contribution in [-0.4, -0.2) is 54.8 Å². The number of amides is 1. The second kappa shape index (κ2) is 9.00. The zero-order chi connectivity index (χ0) is 20.2. The average molecular weight is 432 g/mol. The van der Waals surface area contributed by atoms with Crippen LogP contribution in [0.5, 0.6) is 5.75 Å². The summed E-state index contributed by atoms with van der Waals surface area (Å²) >= 11 is 3.18. The number of carbonyl (C=O) groups excluding carboxylic acids is 1. The molecule has 1 fully saturated rings. The van der Waals surface area contributed by atoms with Crippen LogP contribution in [0, 0.1) is 5.82 Å². The van der Waals surface area contributed by atoms with Crippen molar-refractivity contribution in [2.45, 2.75) is 11.3 Å². The molecule has 3 aromatic rings. The maximum absolute atomic E-state index is 13.4. The van der Waals surface area contributed by atoms with E-state index in [1.54, 1.807) is 24.9 Å². The number of fused-ring (bicyclic) bond motifs is 1. The van der Waals surface area contributed by atoms with E-state index in [1.807, 2.05) is 29.2 Å². The Bertz CT molecular complexity index is 985. The number of methoxy groups -OCH3 is 1. The molecule has 1 aromatic heterocycles. The minimum absolute atomic E-state index is 0.192. The third-order valence-corrected chi connectivity index (χ3v) is 6.98. The van der Waals surface area contributed by atoms with Gasteiger partial charge in [0.25, 0.3) is 0 Å². The maximum Gasteiger partial charge on any atom is 0.223 e. The SMILES string of the molecule is COc1ccc(SCCC(=O)N2CCN(c3nc4ccc(F)cc4s3)CC2)cc1. The largest absolute Gasteiger partial charge is 0.497 e. The molecule has 0 unspecified atom stereocenters. The quantitative estimate of drug-likeness (QED) is 0.546. The molecule has 8 heteroatoms. The molecule has 1 saturated heterocycles. The lowest BCUT2D eigenvalue weighted by atomic mass is 10.3. The number of piperazine rings is 1. The van der Waals surface area contributed by atoms with Crippen molar-refractivity contribution in [2.24, 2.45) is 0 Å². The summed E-state index contributed by atoms with van der Waals surface area (Å²) in [7, 11) is 1.65. The molecule has 0 saturated carbocycles. The molecule has 0 N–H and O–H groups in total. The van der Waals surface area contributed by atoms with Crippen LogP contribution >= 0.6 is 23.1 Å². The number of rotatable bonds is 6. The first-order chi connectivity index (χ1) is 14.1. The highest BCUT2D eigenvalue weighted by atomic mass is 32.2. The van der Waals surface area contributed by atoms with E-state index < -0.39 is 0 Å². The van der Waals surface area contributed by atoms with Crippen LogP contribution in [0.4, 0.5) is 9.52 Å². The van der Waals surface area contributed by atoms with E-state index >= 15 is 0 Å². The summed E-state index contributed by atoms with van der Waals surface area (Å²) < 4.78 is 19.4. The summed E-state index contributed by atoms with van der Waals surface area (Å²) in [6, 6.07) is 12.6. The number of carbonyl (C=O) groups is 1. The fourth-order valence-corrected chi connectivity index (χ4v) is 5.14. The molecule has 1 aliphatic heterocycles. The molecule has 152 valence electrons. The number of aromatic nitrogens is 1. The van der Waals surface area contributed by atoms with Gasteiger partial charge in [0.2, 0.25) is 5.91 Å². The van der Waals surface area contributed by atoms with Gasteiger partial charge < -0.3 is 14.5 Å². The molecule has 2 heterocycles. The molecule has 0 atom stereocenters. The Morgan fingerprint density at radius 3 is 2.66 bits per heavy atom. The highest BCUT2D eigenvalue weighted by molar-refractivity contribution is 7.99. The minimum Gasteiger partial charge on any atom is -0.497 e. The number of hydrogen-bond donors (Lipinski definition) is 0. The van der Waals surface area contributed by atoms with Crippen LogP contribution in [0.3, 0.4) is 0 Å². The maximum atomic E-state index is 13.4. The van der Waals surface area contributed by atoms with E-state index in [2.05, 4.69) is 9.88 Å². The van der Waals surface area contributed by atoms with Crippen LogP contribution in [0.15, 0.2) is 47.4 Å². The third-order valence-electron chi connectivity index (χ3n) is 4.89. The first kappa shape index (κ1) is 20.0. The van der Waals surface area contributed by atoms with Crippen molar-refractivity contribution < 1.29 is 13.9 Å². The van der Waals surface area contributed by atoms with Gasteiger partial charge in [0.1, 0.15) is 11.6 Å². The first-order valence-corrected chi connectivity index (χ1v) is 11.3. The van der Waals surface area contributed by atoms with Gasteiger partial charge in [-0.15, -0.1) is 11.8 Å². The summed E-state index contributed by atoms with van der Waals surface area (Å²) in [4.78, 5) is 22.4. The second-order valence-electron chi connectivity index (χ2n) is 6.75. The van der Waals surface area contributed by atoms with Crippen molar-refractivity contribution >= 4 is 44.4 Å². The lowest BCUT2D eigenvalue weighted by molar-refractivity contribution is -0.131. The van der Waals surface area contributed by atoms with Gasteiger partial charge in [0.05, 0.1) is 17.3 Å². The van der Waals surface area contributed by atoms with Gasteiger partial charge >= 0.3 is 0 Å². The number of nitrogens with zero attached hydrogens (tertiary/aromatic N) is 3. The van der Waals surface area contributed by atoms with Gasteiger partial charge in [0, 0.05) is 43.2 Å². The molecular weight excluding hydrogens is 409 g/mol. The lowest BCUT2D eigenvalue weighted by Crippen LogP contribution is -2.48. The van der Waals surface area contributed by atoms with Gasteiger partial charge in [0.15, 0.2) is 5.13 Å². The van der Waals surface area contributed by atoms with E-state index in [9.17, 15) is 9.18 Å². The summed E-state index contributed by atoms with van der Waals surface area (Å²) in [6.07, 6.45) is 0.525. The Morgan fingerprint density at radius 2 is 1.93 bits per heavy atom. The smallest absolute Gasteiger partial charge is 0.223 e. The van der Waals surface area contributed by atoms with Crippen LogP contribution in [0.2, 0.25) is 0 Å². The van der Waals surface area contributed by atoms with Crippen molar-refractivity contribution in [3.8, 4) is 5.75 Å². The monoisotopic (exact) mass is 431 g/mol. The van der Waals surface area contributed by atoms with E-state index in [0.717, 1.165) is 44.8 Å². The van der Waals surface area contributed by atoms with Crippen molar-refractivity contribution in [1.29, 1.82) is 0 Å². The number of halogens is 1. The topological polar surface area (TPSA) is 45.7 Å². The molecule has 5 nitrogen and oxygen atoms in total. The van der Waals surface area contributed by atoms with Crippen LogP contribution < -0.4 is 9.64 Å². The Kier molecular flexibility index (Phi) is 6.20. The summed E-state index contributed by atoms with van der Waals surface area (Å²) in [5, 5.41) is 0.896. The fraction of sp³-hybridized carbons (Fsp3) is 0.333. The van der Waals surface area contributed by atoms with Gasteiger partial charge in [-0.05, 0) is 42.5 Å². The molecule has 1 amide bonds. The van der Waals surface area contributed by atoms with Gasteiger partial charge in [-0.25, -0.2) is 9.37 Å². The van der Waals surface area contributed by atoms with Gasteiger partial charge in [-0.2, -0.15) is 0 Å². The number of hydrogen-bond acceptors (Lipinski definition) is 6. The molecular formula is C21H22FN3O2S2. The molecule has 0 aliphatic carbocycles. The summed E-state index contributed by atoms with van der Waals surface area (Å²) in [6.45, 7) is 2.88. The third kappa shape index (κ3) is 4.82. The van der Waals surface area contributed by atoms with E-state index in [0.29, 0.717) is 19.5 Å². The number of anilines is 1. The van der Waals surface area contributed by atoms with Crippen molar-refractivity contribution in [3.63, 3.8) is 0 Å². The fourth-order valence-electron chi connectivity index (χ4n) is 3.25. The molecule has 0 radical (unpaired) electrons. The van der Waals surface area contributed by atoms with Crippen molar-refractivity contribution in [2.75, 3.05) is 43.9 Å².